The monoisotopic (exact) mass is 1050 g/mol. The lowest BCUT2D eigenvalue weighted by Gasteiger charge is -2.73. The summed E-state index contributed by atoms with van der Waals surface area (Å²) >= 11 is 0. The number of hydrogen-bond donors (Lipinski definition) is 2. The highest BCUT2D eigenvalue weighted by Gasteiger charge is 2.94. The number of aliphatic hydroxyl groups is 1. The first-order chi connectivity index (χ1) is 38.1. The minimum atomic E-state index is -1.16. The predicted octanol–water partition coefficient (Wildman–Crippen LogP) is 13.7. The largest absolute Gasteiger partial charge is 0.509 e. The molecule has 1 aromatic rings. The topological polar surface area (TPSA) is 105 Å². The number of hydrogen-bond acceptors (Lipinski definition) is 8. The highest BCUT2D eigenvalue weighted by atomic mass is 16.6. The minimum absolute atomic E-state index is 0.0795. The Labute approximate surface area is 464 Å². The van der Waals surface area contributed by atoms with Crippen LogP contribution in [0.1, 0.15) is 202 Å². The molecular formula is C70H89N3O5. The van der Waals surface area contributed by atoms with Crippen LogP contribution in [0.4, 0.5) is 0 Å². The van der Waals surface area contributed by atoms with Crippen molar-refractivity contribution in [2.24, 2.45) is 97.4 Å². The summed E-state index contributed by atoms with van der Waals surface area (Å²) in [5.74, 6) is 4.19. The average Bonchev–Trinajstić information content (AvgIpc) is 1.34. The van der Waals surface area contributed by atoms with Gasteiger partial charge in [-0.15, -0.1) is 0 Å². The number of aryl methyl sites for hydroxylation is 1. The van der Waals surface area contributed by atoms with Gasteiger partial charge in [0.15, 0.2) is 11.4 Å². The third-order valence-electron chi connectivity index (χ3n) is 28.8. The molecule has 11 aliphatic carbocycles. The van der Waals surface area contributed by atoms with Crippen molar-refractivity contribution in [3.8, 4) is 0 Å². The molecule has 414 valence electrons. The highest BCUT2D eigenvalue weighted by molar-refractivity contribution is 6.00. The summed E-state index contributed by atoms with van der Waals surface area (Å²) in [5.41, 5.74) is 12.9. The molecule has 1 unspecified atom stereocenters. The molecule has 9 fully saturated rings. The highest BCUT2D eigenvalue weighted by Crippen LogP contribution is 2.89. The summed E-state index contributed by atoms with van der Waals surface area (Å²) in [6.45, 7) is 6.44. The van der Waals surface area contributed by atoms with E-state index in [-0.39, 0.29) is 41.1 Å². The van der Waals surface area contributed by atoms with Crippen LogP contribution in [0.3, 0.4) is 0 Å². The van der Waals surface area contributed by atoms with Crippen LogP contribution in [-0.4, -0.2) is 65.1 Å². The summed E-state index contributed by atoms with van der Waals surface area (Å²) in [6, 6.07) is 7.13. The van der Waals surface area contributed by atoms with Gasteiger partial charge in [-0.2, -0.15) is 0 Å². The maximum Gasteiger partial charge on any atom is 0.339 e. The van der Waals surface area contributed by atoms with Crippen LogP contribution in [0.15, 0.2) is 76.4 Å². The number of esters is 2. The fourth-order valence-corrected chi connectivity index (χ4v) is 26.9. The van der Waals surface area contributed by atoms with Gasteiger partial charge in [0.1, 0.15) is 11.2 Å². The van der Waals surface area contributed by atoms with Crippen LogP contribution < -0.4 is 5.73 Å². The normalized spacial score (nSPS) is 50.6. The van der Waals surface area contributed by atoms with Crippen molar-refractivity contribution in [2.45, 2.75) is 204 Å². The Morgan fingerprint density at radius 2 is 1.69 bits per heavy atom. The molecule has 0 radical (unpaired) electrons. The molecule has 21 rings (SSSR count). The molecule has 6 saturated carbocycles. The van der Waals surface area contributed by atoms with Gasteiger partial charge in [0.25, 0.3) is 0 Å². The molecule has 1 aromatic carbocycles. The molecule has 0 aromatic heterocycles. The van der Waals surface area contributed by atoms with Gasteiger partial charge in [-0.1, -0.05) is 106 Å². The summed E-state index contributed by atoms with van der Waals surface area (Å²) in [4.78, 5) is 38.4. The van der Waals surface area contributed by atoms with Crippen molar-refractivity contribution in [1.82, 2.24) is 9.80 Å². The van der Waals surface area contributed by atoms with Crippen molar-refractivity contribution in [1.29, 1.82) is 0 Å². The molecule has 3 N–H and O–H groups in total. The quantitative estimate of drug-likeness (QED) is 0.222. The molecule has 0 amide bonds. The van der Waals surface area contributed by atoms with Crippen LogP contribution in [0.2, 0.25) is 0 Å². The number of piperidine rings is 2. The lowest BCUT2D eigenvalue weighted by atomic mass is 9.27. The van der Waals surface area contributed by atoms with E-state index in [0.29, 0.717) is 107 Å². The van der Waals surface area contributed by atoms with E-state index >= 15 is 9.59 Å². The van der Waals surface area contributed by atoms with Crippen molar-refractivity contribution in [3.63, 3.8) is 0 Å². The second-order valence-electron chi connectivity index (χ2n) is 30.9. The Morgan fingerprint density at radius 1 is 0.821 bits per heavy atom. The predicted molar refractivity (Wildman–Crippen MR) is 300 cm³/mol. The average molecular weight is 1050 g/mol. The molecule has 18 atom stereocenters. The molecule has 9 aliphatic heterocycles. The van der Waals surface area contributed by atoms with Crippen LogP contribution >= 0.6 is 0 Å². The van der Waals surface area contributed by atoms with Crippen molar-refractivity contribution >= 4 is 11.9 Å². The molecule has 8 nitrogen and oxygen atoms in total. The standard InChI is InChI=1S/C70H89N3O5/c1-41-31-47-19-20-53-48-32-42-36-72(38-48)56(64-28-21-49-15-8-25-66(49)26-10-27-67(66,40-64)65(39-64)23-5-6-24-65)35-54(74)61-68-29-22-50-58(60(47)73(53)37-42)51(41)33-46-18-17-45(43-11-3-2-4-12-43)34-55(69(68,59(46)50)63(76)77-61)70(68)52-16-7-13-44(14-9-30-71)57(52)62(75)78-70/h7,13,16-18,21,28,41-43,45-46,48-49,51,53,55-56,58,74H,2-6,8-12,14-15,19-20,22-27,29-40,71H2,1H3/b18-17-,61-54+/t41-,42-,45-,46+,48+,49-,51-,53+,55+,56+,58+,64+,66+,67-,68-,69-,70-/m1/s1. The van der Waals surface area contributed by atoms with Gasteiger partial charge in [0, 0.05) is 66.7 Å². The lowest BCUT2D eigenvalue weighted by Crippen LogP contribution is -2.78. The molecule has 3 saturated heterocycles. The number of nitrogens with zero attached hydrogens (tertiary/aromatic N) is 2. The van der Waals surface area contributed by atoms with Crippen LogP contribution in [0.5, 0.6) is 0 Å². The zero-order chi connectivity index (χ0) is 51.9. The zero-order valence-electron chi connectivity index (χ0n) is 47.1. The molecule has 9 heterocycles. The number of allylic oxidation sites excluding steroid dienone is 5. The molecule has 14 bridgehead atoms. The third-order valence-corrected chi connectivity index (χ3v) is 28.8. The molecule has 8 heteroatoms. The first-order valence-electron chi connectivity index (χ1n) is 33.1. The Balaban J connectivity index is 0.909. The van der Waals surface area contributed by atoms with Crippen LogP contribution in [-0.2, 0) is 26.3 Å². The van der Waals surface area contributed by atoms with Gasteiger partial charge in [0.2, 0.25) is 0 Å². The summed E-state index contributed by atoms with van der Waals surface area (Å²) in [6.07, 6.45) is 43.6. The van der Waals surface area contributed by atoms with Gasteiger partial charge in [-0.25, -0.2) is 4.79 Å². The molecule has 20 aliphatic rings. The van der Waals surface area contributed by atoms with Crippen molar-refractivity contribution < 1.29 is 24.2 Å². The number of fused-ring (bicyclic) bond motifs is 4. The van der Waals surface area contributed by atoms with Gasteiger partial charge < -0.3 is 25.2 Å². The van der Waals surface area contributed by atoms with E-state index in [1.165, 1.54) is 140 Å². The Kier molecular flexibility index (Phi) is 9.92. The van der Waals surface area contributed by atoms with Gasteiger partial charge in [0.05, 0.1) is 11.0 Å². The van der Waals surface area contributed by atoms with Crippen molar-refractivity contribution in [2.75, 3.05) is 26.2 Å². The molecular weight excluding hydrogens is 963 g/mol. The fourth-order valence-electron chi connectivity index (χ4n) is 26.9. The van der Waals surface area contributed by atoms with E-state index in [9.17, 15) is 5.11 Å². The van der Waals surface area contributed by atoms with E-state index in [1.54, 1.807) is 16.8 Å². The molecule has 78 heavy (non-hydrogen) atoms. The summed E-state index contributed by atoms with van der Waals surface area (Å²) in [7, 11) is 0. The van der Waals surface area contributed by atoms with Crippen LogP contribution in [0.25, 0.3) is 0 Å². The second kappa shape index (κ2) is 16.1. The molecule has 6 spiro atoms. The van der Waals surface area contributed by atoms with Crippen LogP contribution in [0, 0.1) is 91.7 Å². The summed E-state index contributed by atoms with van der Waals surface area (Å²) < 4.78 is 15.0. The number of benzene rings is 1. The third kappa shape index (κ3) is 5.40. The van der Waals surface area contributed by atoms with E-state index in [1.807, 2.05) is 0 Å². The van der Waals surface area contributed by atoms with E-state index in [2.05, 4.69) is 59.2 Å². The minimum Gasteiger partial charge on any atom is -0.509 e. The maximum absolute atomic E-state index is 16.9. The van der Waals surface area contributed by atoms with E-state index < -0.39 is 16.4 Å². The SMILES string of the molecule is C[C@@H]1CC2=C3[C@H]4C5=C6[C@@H](/C=C\[C@@H](C7CCCCC7)C[C@H]7[C@]68C(=O)O/C(=C(/O)C[C@@H]([C@]69C=C[C@H]%10CCC[C@]%10%11CCC[C@@]%11(C6)C6(CCCC6)C9)N6C[C@H]9C[C@@H](C6)[C@H](CC2)N3C9)[C@@]8(CC5)[C@]72OC(=O)c3c(CCCN)cccc32)C[C@@H]41. The number of aliphatic hydroxyl groups excluding tert-OH is 1. The second-order valence-corrected chi connectivity index (χ2v) is 30.9. The van der Waals surface area contributed by atoms with E-state index in [0.717, 1.165) is 56.4 Å². The smallest absolute Gasteiger partial charge is 0.339 e. The number of nitrogens with two attached hydrogens (primary N) is 1. The fraction of sp³-hybridized carbons (Fsp3) is 0.743. The Morgan fingerprint density at radius 3 is 2.56 bits per heavy atom. The first-order valence-corrected chi connectivity index (χ1v) is 33.1. The van der Waals surface area contributed by atoms with Gasteiger partial charge in [-0.05, 0) is 210 Å². The number of rotatable bonds is 5. The zero-order valence-corrected chi connectivity index (χ0v) is 47.1. The van der Waals surface area contributed by atoms with Crippen molar-refractivity contribution in [3.05, 3.63) is 93.1 Å². The van der Waals surface area contributed by atoms with Gasteiger partial charge >= 0.3 is 11.9 Å². The first kappa shape index (κ1) is 48.0. The number of carbonyl (C=O) groups excluding carboxylic acids is 2. The summed E-state index contributed by atoms with van der Waals surface area (Å²) in [5, 5.41) is 14.3. The lowest BCUT2D eigenvalue weighted by molar-refractivity contribution is -0.282. The number of carbonyl (C=O) groups is 2. The van der Waals surface area contributed by atoms with E-state index in [4.69, 9.17) is 15.2 Å². The Hall–Kier alpha value is -3.62. The van der Waals surface area contributed by atoms with Gasteiger partial charge in [-0.3, -0.25) is 9.69 Å². The number of ether oxygens (including phenoxy) is 2. The maximum atomic E-state index is 16.9. The Bertz CT molecular complexity index is 2990.